The van der Waals surface area contributed by atoms with Crippen molar-refractivity contribution in [2.24, 2.45) is 11.5 Å². The van der Waals surface area contributed by atoms with Crippen molar-refractivity contribution < 1.29 is 14.3 Å². The summed E-state index contributed by atoms with van der Waals surface area (Å²) in [6.07, 6.45) is 5.15. The van der Waals surface area contributed by atoms with E-state index in [2.05, 4.69) is 4.74 Å². The lowest BCUT2D eigenvalue weighted by molar-refractivity contribution is -0.160. The van der Waals surface area contributed by atoms with E-state index in [4.69, 9.17) is 11.5 Å². The molecule has 0 saturated carbocycles. The number of hydrogen-bond donors (Lipinski definition) is 2. The first-order valence-corrected chi connectivity index (χ1v) is 6.32. The minimum absolute atomic E-state index is 0.287. The van der Waals surface area contributed by atoms with Crippen molar-refractivity contribution in [1.82, 2.24) is 0 Å². The number of hydrogen-bond acceptors (Lipinski definition) is 5. The summed E-state index contributed by atoms with van der Waals surface area (Å²) in [5, 5.41) is 0. The highest BCUT2D eigenvalue weighted by Gasteiger charge is 2.17. The van der Waals surface area contributed by atoms with Crippen LogP contribution in [0.3, 0.4) is 0 Å². The fraction of sp³-hybridized carbons (Fsp3) is 0.833. The molecule has 0 rings (SSSR count). The second-order valence-electron chi connectivity index (χ2n) is 4.14. The quantitative estimate of drug-likeness (QED) is 0.359. The largest absolute Gasteiger partial charge is 0.392 e. The smallest absolute Gasteiger partial charge is 0.330 e. The third-order valence-corrected chi connectivity index (χ3v) is 2.47. The fourth-order valence-electron chi connectivity index (χ4n) is 1.38. The molecule has 100 valence electrons. The van der Waals surface area contributed by atoms with Gasteiger partial charge in [-0.3, -0.25) is 4.79 Å². The monoisotopic (exact) mass is 244 g/mol. The van der Waals surface area contributed by atoms with E-state index in [1.54, 1.807) is 0 Å². The van der Waals surface area contributed by atoms with Crippen LogP contribution in [0.2, 0.25) is 0 Å². The molecule has 0 aromatic rings. The summed E-state index contributed by atoms with van der Waals surface area (Å²) >= 11 is 0. The van der Waals surface area contributed by atoms with Crippen molar-refractivity contribution in [2.45, 2.75) is 57.9 Å². The lowest BCUT2D eigenvalue weighted by atomic mass is 10.1. The maximum absolute atomic E-state index is 11.4. The molecule has 5 heteroatoms. The SMILES string of the molecule is CCCCCC(=O)OC(=O)[C@@H](N)CCCCN. The third kappa shape index (κ3) is 8.83. The van der Waals surface area contributed by atoms with Crippen molar-refractivity contribution in [3.63, 3.8) is 0 Å². The normalized spacial score (nSPS) is 12.2. The van der Waals surface area contributed by atoms with Gasteiger partial charge in [-0.05, 0) is 25.8 Å². The molecule has 0 aliphatic rings. The lowest BCUT2D eigenvalue weighted by Gasteiger charge is -2.09. The average Bonchev–Trinajstić information content (AvgIpc) is 2.29. The average molecular weight is 244 g/mol. The molecular formula is C12H24N2O3. The summed E-state index contributed by atoms with van der Waals surface area (Å²) in [7, 11) is 0. The summed E-state index contributed by atoms with van der Waals surface area (Å²) in [6, 6.07) is -0.711. The summed E-state index contributed by atoms with van der Waals surface area (Å²) in [4.78, 5) is 22.6. The molecule has 1 atom stereocenters. The number of carbonyl (C=O) groups excluding carboxylic acids is 2. The van der Waals surface area contributed by atoms with Crippen LogP contribution in [-0.4, -0.2) is 24.5 Å². The van der Waals surface area contributed by atoms with Crippen LogP contribution in [0.4, 0.5) is 0 Å². The van der Waals surface area contributed by atoms with E-state index in [0.29, 0.717) is 13.0 Å². The highest BCUT2D eigenvalue weighted by Crippen LogP contribution is 2.04. The first-order valence-electron chi connectivity index (χ1n) is 6.32. The Morgan fingerprint density at radius 3 is 2.47 bits per heavy atom. The number of rotatable bonds is 9. The number of esters is 2. The molecule has 0 unspecified atom stereocenters. The van der Waals surface area contributed by atoms with Crippen LogP contribution in [0.1, 0.15) is 51.9 Å². The van der Waals surface area contributed by atoms with E-state index in [-0.39, 0.29) is 6.42 Å². The van der Waals surface area contributed by atoms with Gasteiger partial charge in [0.15, 0.2) is 0 Å². The first kappa shape index (κ1) is 16.1. The second-order valence-corrected chi connectivity index (χ2v) is 4.14. The molecular weight excluding hydrogens is 220 g/mol. The van der Waals surface area contributed by atoms with Crippen molar-refractivity contribution in [1.29, 1.82) is 0 Å². The van der Waals surface area contributed by atoms with Crippen LogP contribution >= 0.6 is 0 Å². The Kier molecular flexibility index (Phi) is 9.66. The molecule has 4 N–H and O–H groups in total. The van der Waals surface area contributed by atoms with Gasteiger partial charge in [0, 0.05) is 6.42 Å². The Morgan fingerprint density at radius 1 is 1.18 bits per heavy atom. The van der Waals surface area contributed by atoms with Crippen LogP contribution < -0.4 is 11.5 Å². The summed E-state index contributed by atoms with van der Waals surface area (Å²) in [5.41, 5.74) is 10.9. The minimum Gasteiger partial charge on any atom is -0.392 e. The molecule has 0 amide bonds. The molecule has 5 nitrogen and oxygen atoms in total. The number of unbranched alkanes of at least 4 members (excludes halogenated alkanes) is 3. The Bertz CT molecular complexity index is 232. The summed E-state index contributed by atoms with van der Waals surface area (Å²) in [6.45, 7) is 2.63. The predicted molar refractivity (Wildman–Crippen MR) is 66.1 cm³/mol. The Morgan fingerprint density at radius 2 is 1.88 bits per heavy atom. The van der Waals surface area contributed by atoms with Crippen molar-refractivity contribution in [2.75, 3.05) is 6.54 Å². The van der Waals surface area contributed by atoms with Crippen molar-refractivity contribution in [3.05, 3.63) is 0 Å². The summed E-state index contributed by atoms with van der Waals surface area (Å²) < 4.78 is 4.66. The van der Waals surface area contributed by atoms with Crippen molar-refractivity contribution >= 4 is 11.9 Å². The van der Waals surface area contributed by atoms with Gasteiger partial charge in [-0.25, -0.2) is 4.79 Å². The van der Waals surface area contributed by atoms with Crippen LogP contribution in [0.25, 0.3) is 0 Å². The Balaban J connectivity index is 3.71. The standard InChI is InChI=1S/C12H24N2O3/c1-2-3-4-8-11(15)17-12(16)10(14)7-5-6-9-13/h10H,2-9,13-14H2,1H3/t10-/m0/s1. The van der Waals surface area contributed by atoms with E-state index in [1.165, 1.54) is 0 Å². The van der Waals surface area contributed by atoms with Gasteiger partial charge in [-0.1, -0.05) is 26.2 Å². The number of ether oxygens (including phenoxy) is 1. The van der Waals surface area contributed by atoms with Crippen LogP contribution in [0.15, 0.2) is 0 Å². The number of nitrogens with two attached hydrogens (primary N) is 2. The zero-order chi connectivity index (χ0) is 13.1. The maximum atomic E-state index is 11.4. The molecule has 17 heavy (non-hydrogen) atoms. The molecule has 0 fully saturated rings. The van der Waals surface area contributed by atoms with E-state index < -0.39 is 18.0 Å². The predicted octanol–water partition coefficient (Wildman–Crippen LogP) is 1.09. The van der Waals surface area contributed by atoms with Crippen molar-refractivity contribution in [3.8, 4) is 0 Å². The lowest BCUT2D eigenvalue weighted by Crippen LogP contribution is -2.33. The van der Waals surface area contributed by atoms with E-state index >= 15 is 0 Å². The van der Waals surface area contributed by atoms with E-state index in [0.717, 1.165) is 32.1 Å². The fourth-order valence-corrected chi connectivity index (χ4v) is 1.38. The van der Waals surface area contributed by atoms with E-state index in [1.807, 2.05) is 6.92 Å². The topological polar surface area (TPSA) is 95.4 Å². The zero-order valence-electron chi connectivity index (χ0n) is 10.6. The van der Waals surface area contributed by atoms with Gasteiger partial charge in [-0.2, -0.15) is 0 Å². The molecule has 0 aliphatic heterocycles. The van der Waals surface area contributed by atoms with Crippen LogP contribution in [0.5, 0.6) is 0 Å². The molecule has 0 spiro atoms. The minimum atomic E-state index is -0.711. The van der Waals surface area contributed by atoms with Gasteiger partial charge in [0.25, 0.3) is 0 Å². The molecule has 0 radical (unpaired) electrons. The highest BCUT2D eigenvalue weighted by molar-refractivity contribution is 5.88. The maximum Gasteiger partial charge on any atom is 0.330 e. The molecule has 0 aromatic carbocycles. The zero-order valence-corrected chi connectivity index (χ0v) is 10.6. The molecule has 0 aromatic heterocycles. The second kappa shape index (κ2) is 10.2. The van der Waals surface area contributed by atoms with Crippen LogP contribution in [-0.2, 0) is 14.3 Å². The van der Waals surface area contributed by atoms with Gasteiger partial charge in [0.2, 0.25) is 0 Å². The molecule has 0 heterocycles. The summed E-state index contributed by atoms with van der Waals surface area (Å²) in [5.74, 6) is -1.10. The first-order chi connectivity index (χ1) is 8.11. The molecule has 0 saturated heterocycles. The Hall–Kier alpha value is -0.940. The van der Waals surface area contributed by atoms with Gasteiger partial charge in [0.05, 0.1) is 0 Å². The van der Waals surface area contributed by atoms with Gasteiger partial charge < -0.3 is 16.2 Å². The van der Waals surface area contributed by atoms with Gasteiger partial charge in [-0.15, -0.1) is 0 Å². The van der Waals surface area contributed by atoms with Crippen LogP contribution in [0, 0.1) is 0 Å². The number of carbonyl (C=O) groups is 2. The van der Waals surface area contributed by atoms with E-state index in [9.17, 15) is 9.59 Å². The van der Waals surface area contributed by atoms with Gasteiger partial charge in [0.1, 0.15) is 6.04 Å². The Labute approximate surface area is 103 Å². The highest BCUT2D eigenvalue weighted by atomic mass is 16.6. The van der Waals surface area contributed by atoms with Gasteiger partial charge >= 0.3 is 11.9 Å². The third-order valence-electron chi connectivity index (χ3n) is 2.47. The molecule has 0 bridgehead atoms. The molecule has 0 aliphatic carbocycles.